The van der Waals surface area contributed by atoms with Crippen molar-refractivity contribution in [2.24, 2.45) is 0 Å². The molecule has 0 heterocycles. The monoisotopic (exact) mass is 312 g/mol. The third-order valence-corrected chi connectivity index (χ3v) is 3.13. The van der Waals surface area contributed by atoms with E-state index in [1.54, 1.807) is 41.1 Å². The molecule has 0 aromatic heterocycles. The smallest absolute Gasteiger partial charge is 0.550 e. The molecule has 0 aliphatic carbocycles. The van der Waals surface area contributed by atoms with Crippen LogP contribution < -0.4 is 24.0 Å². The van der Waals surface area contributed by atoms with Crippen molar-refractivity contribution in [1.29, 1.82) is 0 Å². The van der Waals surface area contributed by atoms with Gasteiger partial charge in [0.1, 0.15) is 0 Å². The van der Waals surface area contributed by atoms with Crippen LogP contribution in [-0.4, -0.2) is 55.1 Å². The second-order valence-corrected chi connectivity index (χ2v) is 5.48. The fourth-order valence-corrected chi connectivity index (χ4v) is 1.91. The number of benzene rings is 1. The number of aliphatic carboxylic acids is 1. The van der Waals surface area contributed by atoms with E-state index in [0.717, 1.165) is 5.56 Å². The van der Waals surface area contributed by atoms with Crippen molar-refractivity contribution in [3.05, 3.63) is 35.4 Å². The average Bonchev–Trinajstić information content (AvgIpc) is 2.44. The summed E-state index contributed by atoms with van der Waals surface area (Å²) < 4.78 is 0. The van der Waals surface area contributed by atoms with Gasteiger partial charge in [-0.2, -0.15) is 0 Å². The predicted octanol–water partition coefficient (Wildman–Crippen LogP) is -3.08. The maximum atomic E-state index is 11.9. The second-order valence-electron chi connectivity index (χ2n) is 5.48. The molecule has 0 radical (unpaired) electrons. The summed E-state index contributed by atoms with van der Waals surface area (Å²) in [5, 5.41) is 10.3. The van der Waals surface area contributed by atoms with Crippen LogP contribution in [0.4, 0.5) is 0 Å². The third-order valence-electron chi connectivity index (χ3n) is 3.13. The number of ketones is 1. The van der Waals surface area contributed by atoms with Crippen LogP contribution in [0.15, 0.2) is 24.3 Å². The molecule has 0 aliphatic heterocycles. The molecule has 0 N–H and O–H groups in total. The molecule has 0 unspecified atom stereocenters. The number of carbonyl (C=O) groups is 3. The summed E-state index contributed by atoms with van der Waals surface area (Å²) in [4.78, 5) is 37.4. The maximum Gasteiger partial charge on any atom is 1.00 e. The Balaban J connectivity index is 0.00000484. The van der Waals surface area contributed by atoms with Crippen LogP contribution in [0.25, 0.3) is 0 Å². The summed E-state index contributed by atoms with van der Waals surface area (Å²) in [7, 11) is 5.39. The molecule has 0 atom stereocenters. The van der Waals surface area contributed by atoms with Crippen LogP contribution in [0.1, 0.15) is 28.8 Å². The molecule has 0 fully saturated rings. The average molecular weight is 312 g/mol. The third kappa shape index (κ3) is 7.98. The first-order valence-electron chi connectivity index (χ1n) is 7.00. The Morgan fingerprint density at radius 3 is 2.04 bits per heavy atom. The van der Waals surface area contributed by atoms with Gasteiger partial charge in [0.2, 0.25) is 5.91 Å². The molecule has 0 spiro atoms. The van der Waals surface area contributed by atoms with Crippen molar-refractivity contribution < 1.29 is 38.4 Å². The van der Waals surface area contributed by atoms with Gasteiger partial charge in [0.05, 0.1) is 6.54 Å². The number of nitrogens with zero attached hydrogens (tertiary/aromatic N) is 2. The summed E-state index contributed by atoms with van der Waals surface area (Å²) >= 11 is 0. The summed E-state index contributed by atoms with van der Waals surface area (Å²) in [5.41, 5.74) is 1.37. The van der Waals surface area contributed by atoms with Gasteiger partial charge in [0.15, 0.2) is 5.78 Å². The number of carbonyl (C=O) groups excluding carboxylic acids is 3. The molecule has 1 rings (SSSR count). The van der Waals surface area contributed by atoms with Crippen molar-refractivity contribution >= 4 is 17.7 Å². The van der Waals surface area contributed by atoms with Crippen molar-refractivity contribution in [3.8, 4) is 0 Å². The van der Waals surface area contributed by atoms with Crippen LogP contribution in [-0.2, 0) is 16.1 Å². The first-order valence-corrected chi connectivity index (χ1v) is 7.00. The normalized spacial score (nSPS) is 10.1. The van der Waals surface area contributed by atoms with Gasteiger partial charge in [-0.1, -0.05) is 24.3 Å². The number of amides is 1. The fraction of sp³-hybridized carbons (Fsp3) is 0.438. The maximum absolute atomic E-state index is 11.9. The fourth-order valence-electron chi connectivity index (χ4n) is 1.91. The molecule has 0 saturated heterocycles. The Morgan fingerprint density at radius 2 is 1.57 bits per heavy atom. The molecule has 23 heavy (non-hydrogen) atoms. The van der Waals surface area contributed by atoms with Crippen LogP contribution >= 0.6 is 0 Å². The zero-order valence-corrected chi connectivity index (χ0v) is 14.2. The van der Waals surface area contributed by atoms with Gasteiger partial charge >= 0.3 is 18.9 Å². The van der Waals surface area contributed by atoms with E-state index in [0.29, 0.717) is 18.7 Å². The Kier molecular flexibility index (Phi) is 9.50. The zero-order valence-electron chi connectivity index (χ0n) is 14.2. The van der Waals surface area contributed by atoms with Gasteiger partial charge in [-0.25, -0.2) is 0 Å². The molecule has 6 nitrogen and oxygen atoms in total. The van der Waals surface area contributed by atoms with Crippen molar-refractivity contribution in [3.63, 3.8) is 0 Å². The topological polar surface area (TPSA) is 80.8 Å². The van der Waals surface area contributed by atoms with E-state index in [1.165, 1.54) is 0 Å². The predicted molar refractivity (Wildman–Crippen MR) is 80.0 cm³/mol. The number of likely N-dealkylation sites (N-methyl/N-ethyl adjacent to an activating group) is 2. The minimum Gasteiger partial charge on any atom is -0.550 e. The van der Waals surface area contributed by atoms with Gasteiger partial charge in [0, 0.05) is 31.5 Å². The van der Waals surface area contributed by atoms with Gasteiger partial charge in [0.25, 0.3) is 0 Å². The van der Waals surface area contributed by atoms with Crippen LogP contribution in [0.3, 0.4) is 0 Å². The second kappa shape index (κ2) is 10.2. The quantitative estimate of drug-likeness (QED) is 0.376. The minimum atomic E-state index is -1.23. The summed E-state index contributed by atoms with van der Waals surface area (Å²) in [6, 6.07) is 6.84. The molecular weight excluding hydrogens is 291 g/mol. The van der Waals surface area contributed by atoms with Gasteiger partial charge < -0.3 is 19.7 Å². The Labute approximate surface area is 148 Å². The summed E-state index contributed by atoms with van der Waals surface area (Å²) in [6.45, 7) is 0.802. The molecule has 1 aromatic carbocycles. The first-order chi connectivity index (χ1) is 10.3. The van der Waals surface area contributed by atoms with Crippen molar-refractivity contribution in [2.45, 2.75) is 19.4 Å². The summed E-state index contributed by atoms with van der Waals surface area (Å²) in [5.74, 6) is -1.45. The first kappa shape index (κ1) is 21.4. The van der Waals surface area contributed by atoms with Gasteiger partial charge in [-0.05, 0) is 26.1 Å². The number of rotatable bonds is 8. The SMILES string of the molecule is CN(C)CC(=O)N(C)Cc1ccc(C(=O)CCC(=O)[O-])cc1.[Li+]. The van der Waals surface area contributed by atoms with E-state index in [4.69, 9.17) is 0 Å². The van der Waals surface area contributed by atoms with E-state index in [-0.39, 0.29) is 43.4 Å². The molecule has 7 heteroatoms. The number of hydrogen-bond acceptors (Lipinski definition) is 5. The summed E-state index contributed by atoms with van der Waals surface area (Å²) in [6.07, 6.45) is -0.342. The Bertz CT molecular complexity index is 544. The molecule has 1 amide bonds. The van der Waals surface area contributed by atoms with Gasteiger partial charge in [-0.3, -0.25) is 9.59 Å². The molecule has 0 bridgehead atoms. The minimum absolute atomic E-state index is 0. The molecule has 0 aliphatic rings. The van der Waals surface area contributed by atoms with Crippen LogP contribution in [0.5, 0.6) is 0 Å². The van der Waals surface area contributed by atoms with E-state index in [2.05, 4.69) is 0 Å². The van der Waals surface area contributed by atoms with Gasteiger partial charge in [-0.15, -0.1) is 0 Å². The van der Waals surface area contributed by atoms with E-state index in [9.17, 15) is 19.5 Å². The number of hydrogen-bond donors (Lipinski definition) is 0. The van der Waals surface area contributed by atoms with Crippen LogP contribution in [0.2, 0.25) is 0 Å². The Morgan fingerprint density at radius 1 is 1.00 bits per heavy atom. The standard InChI is InChI=1S/C16H22N2O4.Li/c1-17(2)11-15(20)18(3)10-12-4-6-13(7-5-12)14(19)8-9-16(21)22;/h4-7H,8-11H2,1-3H3,(H,21,22);/q;+1/p-1. The molecular formula is C16H21LiN2O4. The van der Waals surface area contributed by atoms with Crippen molar-refractivity contribution in [2.75, 3.05) is 27.7 Å². The van der Waals surface area contributed by atoms with Crippen LogP contribution in [0, 0.1) is 0 Å². The van der Waals surface area contributed by atoms with E-state index >= 15 is 0 Å². The molecule has 0 saturated carbocycles. The number of carboxylic acid groups (broad SMARTS) is 1. The largest absolute Gasteiger partial charge is 1.00 e. The molecule has 120 valence electrons. The van der Waals surface area contributed by atoms with E-state index < -0.39 is 5.97 Å². The number of carboxylic acids is 1. The van der Waals surface area contributed by atoms with E-state index in [1.807, 2.05) is 14.1 Å². The van der Waals surface area contributed by atoms with Crippen molar-refractivity contribution in [1.82, 2.24) is 9.80 Å². The Hall–Kier alpha value is -1.61. The zero-order chi connectivity index (χ0) is 16.7. The molecule has 1 aromatic rings. The number of Topliss-reactive ketones (excluding diaryl/α,β-unsaturated/α-hetero) is 1.